The molecular weight excluding hydrogens is 426 g/mol. The second-order valence-corrected chi connectivity index (χ2v) is 9.87. The van der Waals surface area contributed by atoms with Gasteiger partial charge in [-0.3, -0.25) is 0 Å². The van der Waals surface area contributed by atoms with Crippen LogP contribution in [0.1, 0.15) is 19.4 Å². The molecule has 0 fully saturated rings. The van der Waals surface area contributed by atoms with Crippen LogP contribution in [-0.2, 0) is 15.8 Å². The van der Waals surface area contributed by atoms with Crippen LogP contribution in [0, 0.1) is 0 Å². The Morgan fingerprint density at radius 2 is 1.76 bits per heavy atom. The number of nitrogens with zero attached hydrogens (tertiary/aromatic N) is 3. The van der Waals surface area contributed by atoms with E-state index in [1.807, 2.05) is 20.1 Å². The average Bonchev–Trinajstić information content (AvgIpc) is 3.22. The molecule has 0 atom stereocenters. The van der Waals surface area contributed by atoms with Gasteiger partial charge in [0, 0.05) is 29.3 Å². The molecule has 0 unspecified atom stereocenters. The minimum absolute atomic E-state index is 0.222. The molecule has 0 aliphatic heterocycles. The first-order chi connectivity index (χ1) is 14.0. The molecule has 6 nitrogen and oxygen atoms in total. The Balaban J connectivity index is 1.74. The summed E-state index contributed by atoms with van der Waals surface area (Å²) < 4.78 is 32.6. The van der Waals surface area contributed by atoms with Gasteiger partial charge in [-0.2, -0.15) is 4.31 Å². The highest BCUT2D eigenvalue weighted by Crippen LogP contribution is 2.28. The molecule has 0 amide bonds. The molecule has 154 valence electrons. The van der Waals surface area contributed by atoms with E-state index in [-0.39, 0.29) is 4.90 Å². The Bertz CT molecular complexity index is 1050. The molecule has 0 spiro atoms. The van der Waals surface area contributed by atoms with Gasteiger partial charge in [0.15, 0.2) is 0 Å². The lowest BCUT2D eigenvalue weighted by Crippen LogP contribution is -2.30. The molecule has 0 bridgehead atoms. The lowest BCUT2D eigenvalue weighted by atomic mass is 10.2. The standard InChI is InChI=1S/C20H23N3O3S3/c1-4-23(5-2)29(24,25)18-8-6-7-16(13-18)19-21-22-20(26-19)28-14-15-9-11-17(27-3)12-10-15/h6-13H,4-5,14H2,1-3H3. The van der Waals surface area contributed by atoms with Gasteiger partial charge in [-0.15, -0.1) is 22.0 Å². The van der Waals surface area contributed by atoms with E-state index in [9.17, 15) is 8.42 Å². The summed E-state index contributed by atoms with van der Waals surface area (Å²) >= 11 is 3.16. The number of benzene rings is 2. The van der Waals surface area contributed by atoms with E-state index < -0.39 is 10.0 Å². The maximum absolute atomic E-state index is 12.7. The first-order valence-electron chi connectivity index (χ1n) is 9.17. The molecule has 0 radical (unpaired) electrons. The molecule has 0 saturated carbocycles. The van der Waals surface area contributed by atoms with Gasteiger partial charge in [0.1, 0.15) is 0 Å². The monoisotopic (exact) mass is 449 g/mol. The van der Waals surface area contributed by atoms with Crippen LogP contribution >= 0.6 is 23.5 Å². The Morgan fingerprint density at radius 3 is 2.41 bits per heavy atom. The summed E-state index contributed by atoms with van der Waals surface area (Å²) in [6.07, 6.45) is 2.05. The highest BCUT2D eigenvalue weighted by Gasteiger charge is 2.22. The summed E-state index contributed by atoms with van der Waals surface area (Å²) in [7, 11) is -3.54. The summed E-state index contributed by atoms with van der Waals surface area (Å²) in [5.74, 6) is 1.02. The van der Waals surface area contributed by atoms with Gasteiger partial charge in [-0.25, -0.2) is 8.42 Å². The predicted molar refractivity (Wildman–Crippen MR) is 118 cm³/mol. The third-order valence-electron chi connectivity index (χ3n) is 4.35. The fourth-order valence-corrected chi connectivity index (χ4v) is 5.39. The van der Waals surface area contributed by atoms with Crippen molar-refractivity contribution >= 4 is 33.5 Å². The van der Waals surface area contributed by atoms with Crippen molar-refractivity contribution in [2.45, 2.75) is 34.6 Å². The largest absolute Gasteiger partial charge is 0.411 e. The lowest BCUT2D eigenvalue weighted by molar-refractivity contribution is 0.445. The average molecular weight is 450 g/mol. The Labute approximate surface area is 180 Å². The highest BCUT2D eigenvalue weighted by atomic mass is 32.2. The number of thioether (sulfide) groups is 2. The van der Waals surface area contributed by atoms with Crippen molar-refractivity contribution in [1.29, 1.82) is 0 Å². The van der Waals surface area contributed by atoms with Crippen LogP contribution in [0.15, 0.2) is 68.0 Å². The molecular formula is C20H23N3O3S3. The number of sulfonamides is 1. The molecule has 0 saturated heterocycles. The molecule has 0 aliphatic carbocycles. The smallest absolute Gasteiger partial charge is 0.277 e. The predicted octanol–water partition coefficient (Wildman–Crippen LogP) is 4.78. The van der Waals surface area contributed by atoms with Crippen molar-refractivity contribution < 1.29 is 12.8 Å². The molecule has 9 heteroatoms. The van der Waals surface area contributed by atoms with Crippen molar-refractivity contribution in [3.8, 4) is 11.5 Å². The number of hydrogen-bond acceptors (Lipinski definition) is 7. The molecule has 3 aromatic rings. The second-order valence-electron chi connectivity index (χ2n) is 6.13. The van der Waals surface area contributed by atoms with E-state index in [4.69, 9.17) is 4.42 Å². The normalized spacial score (nSPS) is 11.9. The van der Waals surface area contributed by atoms with Crippen LogP contribution in [0.2, 0.25) is 0 Å². The van der Waals surface area contributed by atoms with Gasteiger partial charge in [0.05, 0.1) is 4.90 Å². The topological polar surface area (TPSA) is 76.3 Å². The Morgan fingerprint density at radius 1 is 1.03 bits per heavy atom. The third-order valence-corrected chi connectivity index (χ3v) is 8.03. The molecule has 0 aliphatic rings. The third kappa shape index (κ3) is 5.22. The van der Waals surface area contributed by atoms with Gasteiger partial charge >= 0.3 is 0 Å². The van der Waals surface area contributed by atoms with Crippen LogP contribution in [0.25, 0.3) is 11.5 Å². The summed E-state index contributed by atoms with van der Waals surface area (Å²) in [4.78, 5) is 1.44. The van der Waals surface area contributed by atoms with Crippen LogP contribution in [0.5, 0.6) is 0 Å². The van der Waals surface area contributed by atoms with Gasteiger partial charge in [-0.05, 0) is 42.2 Å². The first-order valence-corrected chi connectivity index (χ1v) is 12.8. The van der Waals surface area contributed by atoms with Gasteiger partial charge in [0.25, 0.3) is 5.22 Å². The summed E-state index contributed by atoms with van der Waals surface area (Å²) in [6.45, 7) is 4.48. The highest BCUT2D eigenvalue weighted by molar-refractivity contribution is 7.98. The SMILES string of the molecule is CCN(CC)S(=O)(=O)c1cccc(-c2nnc(SCc3ccc(SC)cc3)o2)c1. The van der Waals surface area contributed by atoms with Crippen molar-refractivity contribution in [3.63, 3.8) is 0 Å². The lowest BCUT2D eigenvalue weighted by Gasteiger charge is -2.18. The zero-order valence-corrected chi connectivity index (χ0v) is 19.0. The molecule has 1 heterocycles. The van der Waals surface area contributed by atoms with Crippen molar-refractivity contribution in [2.24, 2.45) is 0 Å². The van der Waals surface area contributed by atoms with Crippen molar-refractivity contribution in [1.82, 2.24) is 14.5 Å². The molecule has 29 heavy (non-hydrogen) atoms. The van der Waals surface area contributed by atoms with E-state index in [2.05, 4.69) is 34.5 Å². The molecule has 2 aromatic carbocycles. The first kappa shape index (κ1) is 21.9. The molecule has 3 rings (SSSR count). The quantitative estimate of drug-likeness (QED) is 0.435. The van der Waals surface area contributed by atoms with Gasteiger partial charge in [-0.1, -0.05) is 43.8 Å². The summed E-state index contributed by atoms with van der Waals surface area (Å²) in [5.41, 5.74) is 1.75. The van der Waals surface area contributed by atoms with Crippen LogP contribution in [0.3, 0.4) is 0 Å². The van der Waals surface area contributed by atoms with E-state index in [0.717, 1.165) is 0 Å². The van der Waals surface area contributed by atoms with Gasteiger partial charge in [0.2, 0.25) is 15.9 Å². The Kier molecular flexibility index (Phi) is 7.39. The van der Waals surface area contributed by atoms with Gasteiger partial charge < -0.3 is 4.42 Å². The van der Waals surface area contributed by atoms with Crippen molar-refractivity contribution in [3.05, 3.63) is 54.1 Å². The van der Waals surface area contributed by atoms with Crippen LogP contribution in [-0.4, -0.2) is 42.3 Å². The zero-order chi connectivity index (χ0) is 20.9. The minimum Gasteiger partial charge on any atom is -0.411 e. The zero-order valence-electron chi connectivity index (χ0n) is 16.5. The fourth-order valence-electron chi connectivity index (χ4n) is 2.75. The van der Waals surface area contributed by atoms with E-state index in [1.165, 1.54) is 26.5 Å². The van der Waals surface area contributed by atoms with E-state index in [1.54, 1.807) is 36.0 Å². The van der Waals surface area contributed by atoms with E-state index >= 15 is 0 Å². The fraction of sp³-hybridized carbons (Fsp3) is 0.300. The number of rotatable bonds is 9. The summed E-state index contributed by atoms with van der Waals surface area (Å²) in [5, 5.41) is 8.62. The second kappa shape index (κ2) is 9.80. The Hall–Kier alpha value is -1.81. The molecule has 0 N–H and O–H groups in total. The van der Waals surface area contributed by atoms with Crippen LogP contribution < -0.4 is 0 Å². The van der Waals surface area contributed by atoms with Crippen LogP contribution in [0.4, 0.5) is 0 Å². The maximum Gasteiger partial charge on any atom is 0.277 e. The summed E-state index contributed by atoms with van der Waals surface area (Å²) in [6, 6.07) is 15.0. The number of hydrogen-bond donors (Lipinski definition) is 0. The number of aromatic nitrogens is 2. The maximum atomic E-state index is 12.7. The minimum atomic E-state index is -3.54. The van der Waals surface area contributed by atoms with Crippen molar-refractivity contribution in [2.75, 3.05) is 19.3 Å². The molecule has 1 aromatic heterocycles. The van der Waals surface area contributed by atoms with E-state index in [0.29, 0.717) is 35.5 Å².